The summed E-state index contributed by atoms with van der Waals surface area (Å²) in [5.74, 6) is 0. The molecule has 21 heavy (non-hydrogen) atoms. The Bertz CT molecular complexity index is 556. The fourth-order valence-corrected chi connectivity index (χ4v) is 4.88. The van der Waals surface area contributed by atoms with E-state index >= 15 is 0 Å². The second kappa shape index (κ2) is 8.27. The highest BCUT2D eigenvalue weighted by Gasteiger charge is 2.30. The molecule has 0 aliphatic rings. The van der Waals surface area contributed by atoms with E-state index in [1.807, 2.05) is 32.9 Å². The fourth-order valence-electron chi connectivity index (χ4n) is 2.35. The van der Waals surface area contributed by atoms with Gasteiger partial charge in [-0.2, -0.15) is 4.31 Å². The number of ether oxygens (including phenoxy) is 1. The van der Waals surface area contributed by atoms with Crippen molar-refractivity contribution < 1.29 is 13.2 Å². The van der Waals surface area contributed by atoms with Crippen LogP contribution >= 0.6 is 15.9 Å². The molecule has 0 aliphatic heterocycles. The zero-order valence-electron chi connectivity index (χ0n) is 13.1. The second-order valence-electron chi connectivity index (χ2n) is 4.99. The summed E-state index contributed by atoms with van der Waals surface area (Å²) in [5, 5.41) is 0. The average molecular weight is 378 g/mol. The van der Waals surface area contributed by atoms with Crippen molar-refractivity contribution in [2.24, 2.45) is 0 Å². The molecule has 0 spiro atoms. The lowest BCUT2D eigenvalue weighted by Crippen LogP contribution is -2.42. The standard InChI is InChI=1S/C15H24BrNO3S/c1-5-14(6-2)17(9-10-20-4)21(18,19)15-11-13(16)8-7-12(15)3/h7-8,11,14H,5-6,9-10H2,1-4H3. The minimum Gasteiger partial charge on any atom is -0.383 e. The van der Waals surface area contributed by atoms with Crippen molar-refractivity contribution in [3.8, 4) is 0 Å². The van der Waals surface area contributed by atoms with Crippen LogP contribution in [0.1, 0.15) is 32.3 Å². The molecule has 0 N–H and O–H groups in total. The summed E-state index contributed by atoms with van der Waals surface area (Å²) in [5.41, 5.74) is 0.756. The topological polar surface area (TPSA) is 46.6 Å². The normalized spacial score (nSPS) is 12.3. The maximum atomic E-state index is 13.0. The Labute approximate surface area is 136 Å². The number of hydrogen-bond donors (Lipinski definition) is 0. The number of sulfonamides is 1. The van der Waals surface area contributed by atoms with Crippen LogP contribution in [0.4, 0.5) is 0 Å². The molecular weight excluding hydrogens is 354 g/mol. The Morgan fingerprint density at radius 3 is 2.43 bits per heavy atom. The Kier molecular flexibility index (Phi) is 7.33. The van der Waals surface area contributed by atoms with E-state index in [1.165, 1.54) is 0 Å². The molecule has 1 aromatic rings. The molecule has 0 amide bonds. The molecule has 0 heterocycles. The zero-order chi connectivity index (χ0) is 16.0. The van der Waals surface area contributed by atoms with Gasteiger partial charge in [-0.05, 0) is 37.5 Å². The molecular formula is C15H24BrNO3S. The van der Waals surface area contributed by atoms with E-state index < -0.39 is 10.0 Å². The third kappa shape index (κ3) is 4.52. The Morgan fingerprint density at radius 2 is 1.90 bits per heavy atom. The summed E-state index contributed by atoms with van der Waals surface area (Å²) >= 11 is 3.35. The number of nitrogens with zero attached hydrogens (tertiary/aromatic N) is 1. The van der Waals surface area contributed by atoms with Crippen LogP contribution in [-0.4, -0.2) is 39.0 Å². The number of rotatable bonds is 8. The van der Waals surface area contributed by atoms with E-state index in [-0.39, 0.29) is 6.04 Å². The summed E-state index contributed by atoms with van der Waals surface area (Å²) < 4.78 is 33.5. The van der Waals surface area contributed by atoms with Crippen molar-refractivity contribution in [1.82, 2.24) is 4.31 Å². The third-order valence-corrected chi connectivity index (χ3v) is 6.19. The third-order valence-electron chi connectivity index (χ3n) is 3.60. The smallest absolute Gasteiger partial charge is 0.243 e. The van der Waals surface area contributed by atoms with Crippen molar-refractivity contribution in [2.45, 2.75) is 44.6 Å². The van der Waals surface area contributed by atoms with Crippen LogP contribution in [0.15, 0.2) is 27.6 Å². The molecule has 1 aromatic carbocycles. The molecule has 0 saturated carbocycles. The van der Waals surface area contributed by atoms with Gasteiger partial charge in [-0.3, -0.25) is 0 Å². The van der Waals surface area contributed by atoms with Gasteiger partial charge in [0.2, 0.25) is 10.0 Å². The van der Waals surface area contributed by atoms with E-state index in [1.54, 1.807) is 17.5 Å². The molecule has 1 rings (SSSR count). The number of benzene rings is 1. The van der Waals surface area contributed by atoms with Gasteiger partial charge in [0.25, 0.3) is 0 Å². The average Bonchev–Trinajstić information content (AvgIpc) is 2.45. The Balaban J connectivity index is 3.28. The van der Waals surface area contributed by atoms with Gasteiger partial charge in [-0.15, -0.1) is 0 Å². The van der Waals surface area contributed by atoms with Gasteiger partial charge in [0.15, 0.2) is 0 Å². The van der Waals surface area contributed by atoms with Crippen LogP contribution in [-0.2, 0) is 14.8 Å². The minimum absolute atomic E-state index is 0.0106. The second-order valence-corrected chi connectivity index (χ2v) is 7.76. The molecule has 0 saturated heterocycles. The number of halogens is 1. The quantitative estimate of drug-likeness (QED) is 0.695. The molecule has 0 fully saturated rings. The first-order valence-corrected chi connectivity index (χ1v) is 9.38. The molecule has 0 atom stereocenters. The van der Waals surface area contributed by atoms with E-state index in [0.29, 0.717) is 18.0 Å². The molecule has 6 heteroatoms. The molecule has 0 unspecified atom stereocenters. The maximum Gasteiger partial charge on any atom is 0.243 e. The summed E-state index contributed by atoms with van der Waals surface area (Å²) in [4.78, 5) is 0.361. The lowest BCUT2D eigenvalue weighted by molar-refractivity contribution is 0.163. The molecule has 120 valence electrons. The molecule has 0 aromatic heterocycles. The SMILES string of the molecule is CCC(CC)N(CCOC)S(=O)(=O)c1cc(Br)ccc1C. The lowest BCUT2D eigenvalue weighted by atomic mass is 10.2. The van der Waals surface area contributed by atoms with Crippen molar-refractivity contribution >= 4 is 26.0 Å². The monoisotopic (exact) mass is 377 g/mol. The molecule has 0 bridgehead atoms. The zero-order valence-corrected chi connectivity index (χ0v) is 15.5. The first-order valence-electron chi connectivity index (χ1n) is 7.15. The van der Waals surface area contributed by atoms with E-state index in [2.05, 4.69) is 15.9 Å². The maximum absolute atomic E-state index is 13.0. The highest BCUT2D eigenvalue weighted by molar-refractivity contribution is 9.10. The largest absolute Gasteiger partial charge is 0.383 e. The molecule has 4 nitrogen and oxygen atoms in total. The van der Waals surface area contributed by atoms with Gasteiger partial charge in [0.05, 0.1) is 11.5 Å². The first kappa shape index (κ1) is 18.6. The highest BCUT2D eigenvalue weighted by Crippen LogP contribution is 2.26. The molecule has 0 aliphatic carbocycles. The van der Waals surface area contributed by atoms with Gasteiger partial charge in [-0.1, -0.05) is 35.8 Å². The number of hydrogen-bond acceptors (Lipinski definition) is 3. The minimum atomic E-state index is -3.53. The predicted molar refractivity (Wildman–Crippen MR) is 89.0 cm³/mol. The van der Waals surface area contributed by atoms with E-state index in [9.17, 15) is 8.42 Å². The van der Waals surface area contributed by atoms with Crippen LogP contribution in [0.3, 0.4) is 0 Å². The molecule has 0 radical (unpaired) electrons. The predicted octanol–water partition coefficient (Wildman–Crippen LogP) is 3.58. The number of aryl methyl sites for hydroxylation is 1. The van der Waals surface area contributed by atoms with E-state index in [0.717, 1.165) is 22.9 Å². The van der Waals surface area contributed by atoms with Crippen LogP contribution in [0.2, 0.25) is 0 Å². The first-order chi connectivity index (χ1) is 9.88. The van der Waals surface area contributed by atoms with Crippen molar-refractivity contribution in [3.05, 3.63) is 28.2 Å². The van der Waals surface area contributed by atoms with Gasteiger partial charge in [0.1, 0.15) is 0 Å². The lowest BCUT2D eigenvalue weighted by Gasteiger charge is -2.30. The van der Waals surface area contributed by atoms with Gasteiger partial charge < -0.3 is 4.74 Å². The van der Waals surface area contributed by atoms with Gasteiger partial charge in [0, 0.05) is 24.2 Å². The van der Waals surface area contributed by atoms with E-state index in [4.69, 9.17) is 4.74 Å². The van der Waals surface area contributed by atoms with Crippen molar-refractivity contribution in [2.75, 3.05) is 20.3 Å². The van der Waals surface area contributed by atoms with Crippen LogP contribution in [0, 0.1) is 6.92 Å². The summed E-state index contributed by atoms with van der Waals surface area (Å²) in [7, 11) is -1.94. The Morgan fingerprint density at radius 1 is 1.29 bits per heavy atom. The van der Waals surface area contributed by atoms with Gasteiger partial charge in [-0.25, -0.2) is 8.42 Å². The van der Waals surface area contributed by atoms with Crippen LogP contribution in [0.25, 0.3) is 0 Å². The summed E-state index contributed by atoms with van der Waals surface area (Å²) in [6.07, 6.45) is 1.57. The van der Waals surface area contributed by atoms with Crippen molar-refractivity contribution in [3.63, 3.8) is 0 Å². The summed E-state index contributed by atoms with van der Waals surface area (Å²) in [6.45, 7) is 6.61. The Hall–Kier alpha value is -0.430. The highest BCUT2D eigenvalue weighted by atomic mass is 79.9. The van der Waals surface area contributed by atoms with Crippen molar-refractivity contribution in [1.29, 1.82) is 0 Å². The summed E-state index contributed by atoms with van der Waals surface area (Å²) in [6, 6.07) is 5.33. The number of methoxy groups -OCH3 is 1. The van der Waals surface area contributed by atoms with Gasteiger partial charge >= 0.3 is 0 Å². The van der Waals surface area contributed by atoms with Crippen LogP contribution in [0.5, 0.6) is 0 Å². The van der Waals surface area contributed by atoms with Crippen LogP contribution < -0.4 is 0 Å². The fraction of sp³-hybridized carbons (Fsp3) is 0.600.